The predicted octanol–water partition coefficient (Wildman–Crippen LogP) is 3.90. The second kappa shape index (κ2) is 4.47. The summed E-state index contributed by atoms with van der Waals surface area (Å²) in [5.74, 6) is -0.693. The Bertz CT molecular complexity index is 679. The average molecular weight is 337 g/mol. The summed E-state index contributed by atoms with van der Waals surface area (Å²) < 4.78 is 0.753. The molecule has 19 heavy (non-hydrogen) atoms. The average Bonchev–Trinajstić information content (AvgIpc) is 2.66. The first kappa shape index (κ1) is 12.4. The first-order valence-corrected chi connectivity index (χ1v) is 6.69. The molecule has 0 fully saturated rings. The molecule has 2 aromatic carbocycles. The third kappa shape index (κ3) is 1.88. The molecule has 3 rings (SSSR count). The number of benzene rings is 2. The Kier molecular flexibility index (Phi) is 2.92. The molecule has 0 aliphatic carbocycles. The molecule has 0 bridgehead atoms. The maximum Gasteiger partial charge on any atom is 0.266 e. The van der Waals surface area contributed by atoms with Gasteiger partial charge in [0.2, 0.25) is 0 Å². The number of hydrogen-bond donors (Lipinski definition) is 0. The number of carbonyl (C=O) groups is 2. The predicted molar refractivity (Wildman–Crippen MR) is 76.7 cm³/mol. The minimum atomic E-state index is -0.347. The van der Waals surface area contributed by atoms with Gasteiger partial charge in [-0.2, -0.15) is 0 Å². The summed E-state index contributed by atoms with van der Waals surface area (Å²) >= 11 is 9.39. The van der Waals surface area contributed by atoms with Crippen molar-refractivity contribution < 1.29 is 9.59 Å². The van der Waals surface area contributed by atoms with Gasteiger partial charge in [0.1, 0.15) is 0 Å². The maximum absolute atomic E-state index is 12.3. The van der Waals surface area contributed by atoms with Crippen molar-refractivity contribution in [3.8, 4) is 0 Å². The molecular weight excluding hydrogens is 330 g/mol. The molecule has 0 aromatic heterocycles. The third-order valence-corrected chi connectivity index (χ3v) is 3.76. The lowest BCUT2D eigenvalue weighted by atomic mass is 10.1. The van der Waals surface area contributed by atoms with Gasteiger partial charge in [-0.15, -0.1) is 0 Å². The summed E-state index contributed by atoms with van der Waals surface area (Å²) in [5.41, 5.74) is 1.20. The second-order valence-corrected chi connectivity index (χ2v) is 5.41. The van der Waals surface area contributed by atoms with Crippen molar-refractivity contribution in [2.75, 3.05) is 4.90 Å². The van der Waals surface area contributed by atoms with Crippen molar-refractivity contribution in [2.45, 2.75) is 0 Å². The molecule has 2 aromatic rings. The molecule has 2 amide bonds. The molecule has 0 spiro atoms. The van der Waals surface area contributed by atoms with Crippen LogP contribution in [0.3, 0.4) is 0 Å². The monoisotopic (exact) mass is 335 g/mol. The van der Waals surface area contributed by atoms with Crippen molar-refractivity contribution in [3.05, 3.63) is 63.1 Å². The standard InChI is InChI=1S/C14H7BrClNO2/c15-8-5-6-11(16)12(7-8)17-13(18)9-3-1-2-4-10(9)14(17)19/h1-7H. The van der Waals surface area contributed by atoms with E-state index < -0.39 is 0 Å². The Morgan fingerprint density at radius 3 is 2.11 bits per heavy atom. The number of anilines is 1. The van der Waals surface area contributed by atoms with E-state index >= 15 is 0 Å². The van der Waals surface area contributed by atoms with Gasteiger partial charge in [0.15, 0.2) is 0 Å². The molecule has 0 atom stereocenters. The van der Waals surface area contributed by atoms with Crippen LogP contribution in [0.15, 0.2) is 46.9 Å². The van der Waals surface area contributed by atoms with Crippen molar-refractivity contribution in [1.82, 2.24) is 0 Å². The second-order valence-electron chi connectivity index (χ2n) is 4.09. The fourth-order valence-electron chi connectivity index (χ4n) is 2.07. The summed E-state index contributed by atoms with van der Waals surface area (Å²) in [6.45, 7) is 0. The topological polar surface area (TPSA) is 37.4 Å². The van der Waals surface area contributed by atoms with E-state index in [1.54, 1.807) is 42.5 Å². The molecule has 0 saturated carbocycles. The normalized spacial score (nSPS) is 13.9. The quantitative estimate of drug-likeness (QED) is 0.741. The summed E-state index contributed by atoms with van der Waals surface area (Å²) in [6, 6.07) is 11.8. The fourth-order valence-corrected chi connectivity index (χ4v) is 2.62. The van der Waals surface area contributed by atoms with Crippen LogP contribution in [0.5, 0.6) is 0 Å². The van der Waals surface area contributed by atoms with Gasteiger partial charge in [-0.3, -0.25) is 9.59 Å². The Morgan fingerprint density at radius 1 is 0.947 bits per heavy atom. The largest absolute Gasteiger partial charge is 0.268 e. The van der Waals surface area contributed by atoms with E-state index in [2.05, 4.69) is 15.9 Å². The summed E-state index contributed by atoms with van der Waals surface area (Å²) in [7, 11) is 0. The van der Waals surface area contributed by atoms with Crippen LogP contribution in [0.4, 0.5) is 5.69 Å². The Balaban J connectivity index is 2.17. The summed E-state index contributed by atoms with van der Waals surface area (Å²) in [6.07, 6.45) is 0. The van der Waals surface area contributed by atoms with Crippen molar-refractivity contribution in [3.63, 3.8) is 0 Å². The van der Waals surface area contributed by atoms with Gasteiger partial charge in [0, 0.05) is 4.47 Å². The number of rotatable bonds is 1. The zero-order chi connectivity index (χ0) is 13.6. The van der Waals surface area contributed by atoms with E-state index in [4.69, 9.17) is 11.6 Å². The molecule has 0 unspecified atom stereocenters. The van der Waals surface area contributed by atoms with Crippen LogP contribution in [0.1, 0.15) is 20.7 Å². The van der Waals surface area contributed by atoms with Gasteiger partial charge in [0.25, 0.3) is 11.8 Å². The van der Waals surface area contributed by atoms with Crippen LogP contribution in [0.25, 0.3) is 0 Å². The van der Waals surface area contributed by atoms with E-state index in [-0.39, 0.29) is 11.8 Å². The van der Waals surface area contributed by atoms with Crippen LogP contribution in [0, 0.1) is 0 Å². The molecule has 5 heteroatoms. The molecule has 1 aliphatic rings. The van der Waals surface area contributed by atoms with Crippen LogP contribution < -0.4 is 4.90 Å². The third-order valence-electron chi connectivity index (χ3n) is 2.94. The molecule has 1 heterocycles. The first-order valence-electron chi connectivity index (χ1n) is 5.52. The molecule has 1 aliphatic heterocycles. The van der Waals surface area contributed by atoms with Gasteiger partial charge in [-0.05, 0) is 30.3 Å². The minimum absolute atomic E-state index is 0.347. The maximum atomic E-state index is 12.3. The lowest BCUT2D eigenvalue weighted by Crippen LogP contribution is -2.29. The van der Waals surface area contributed by atoms with Crippen LogP contribution >= 0.6 is 27.5 Å². The lowest BCUT2D eigenvalue weighted by Gasteiger charge is -2.15. The number of hydrogen-bond acceptors (Lipinski definition) is 2. The van der Waals surface area contributed by atoms with Crippen molar-refractivity contribution >= 4 is 45.0 Å². The zero-order valence-corrected chi connectivity index (χ0v) is 11.9. The van der Waals surface area contributed by atoms with Gasteiger partial charge in [-0.1, -0.05) is 39.7 Å². The minimum Gasteiger partial charge on any atom is -0.268 e. The molecule has 94 valence electrons. The van der Waals surface area contributed by atoms with Crippen LogP contribution in [-0.4, -0.2) is 11.8 Å². The van der Waals surface area contributed by atoms with Crippen molar-refractivity contribution in [1.29, 1.82) is 0 Å². The van der Waals surface area contributed by atoms with Gasteiger partial charge < -0.3 is 0 Å². The Hall–Kier alpha value is -1.65. The van der Waals surface area contributed by atoms with Gasteiger partial charge in [0.05, 0.1) is 21.8 Å². The molecule has 0 radical (unpaired) electrons. The van der Waals surface area contributed by atoms with E-state index in [0.717, 1.165) is 9.37 Å². The number of fused-ring (bicyclic) bond motifs is 1. The SMILES string of the molecule is O=C1c2ccccc2C(=O)N1c1cc(Br)ccc1Cl. The van der Waals surface area contributed by atoms with Crippen LogP contribution in [-0.2, 0) is 0 Å². The highest BCUT2D eigenvalue weighted by molar-refractivity contribution is 9.10. The number of halogens is 2. The van der Waals surface area contributed by atoms with Gasteiger partial charge >= 0.3 is 0 Å². The highest BCUT2D eigenvalue weighted by atomic mass is 79.9. The molecule has 3 nitrogen and oxygen atoms in total. The lowest BCUT2D eigenvalue weighted by molar-refractivity contribution is 0.0926. The van der Waals surface area contributed by atoms with E-state index in [1.807, 2.05) is 0 Å². The fraction of sp³-hybridized carbons (Fsp3) is 0. The zero-order valence-electron chi connectivity index (χ0n) is 9.56. The van der Waals surface area contributed by atoms with Gasteiger partial charge in [-0.25, -0.2) is 4.90 Å². The summed E-state index contributed by atoms with van der Waals surface area (Å²) in [5, 5.41) is 0.359. The number of nitrogens with zero attached hydrogens (tertiary/aromatic N) is 1. The van der Waals surface area contributed by atoms with E-state index in [1.165, 1.54) is 0 Å². The number of amides is 2. The number of carbonyl (C=O) groups excluding carboxylic acids is 2. The summed E-state index contributed by atoms with van der Waals surface area (Å²) in [4.78, 5) is 25.7. The van der Waals surface area contributed by atoms with Crippen LogP contribution in [0.2, 0.25) is 5.02 Å². The molecular formula is C14H7BrClNO2. The number of imide groups is 1. The van der Waals surface area contributed by atoms with E-state index in [0.29, 0.717) is 21.8 Å². The Morgan fingerprint density at radius 2 is 1.53 bits per heavy atom. The first-order chi connectivity index (χ1) is 9.09. The van der Waals surface area contributed by atoms with E-state index in [9.17, 15) is 9.59 Å². The Labute approximate surface area is 122 Å². The van der Waals surface area contributed by atoms with Crippen molar-refractivity contribution in [2.24, 2.45) is 0 Å². The molecule has 0 saturated heterocycles. The highest BCUT2D eigenvalue weighted by Gasteiger charge is 2.37. The smallest absolute Gasteiger partial charge is 0.266 e. The highest BCUT2D eigenvalue weighted by Crippen LogP contribution is 2.34. The molecule has 0 N–H and O–H groups in total.